The van der Waals surface area contributed by atoms with Gasteiger partial charge in [0.05, 0.1) is 24.9 Å². The van der Waals surface area contributed by atoms with E-state index in [1.165, 1.54) is 16.8 Å². The Morgan fingerprint density at radius 3 is 3.06 bits per heavy atom. The Kier molecular flexibility index (Phi) is 3.17. The number of nitrogens with one attached hydrogen (secondary N) is 1. The average molecular weight is 240 g/mol. The molecule has 1 saturated heterocycles. The van der Waals surface area contributed by atoms with E-state index < -0.39 is 11.2 Å². The van der Waals surface area contributed by atoms with Crippen LogP contribution in [0.25, 0.3) is 0 Å². The van der Waals surface area contributed by atoms with Gasteiger partial charge in [0.1, 0.15) is 0 Å². The molecule has 0 unspecified atom stereocenters. The lowest BCUT2D eigenvalue weighted by Crippen LogP contribution is -2.42. The van der Waals surface area contributed by atoms with Crippen LogP contribution in [0.15, 0.2) is 21.9 Å². The van der Waals surface area contributed by atoms with Gasteiger partial charge >= 0.3 is 5.69 Å². The van der Waals surface area contributed by atoms with E-state index >= 15 is 0 Å². The van der Waals surface area contributed by atoms with Gasteiger partial charge < -0.3 is 9.47 Å². The summed E-state index contributed by atoms with van der Waals surface area (Å²) in [4.78, 5) is 25.0. The SMILES string of the molecule is COC[C@@H]1C[C@@](C)(n2ccc(=O)[nH]c2=O)CO1. The molecule has 1 aliphatic rings. The molecule has 1 aromatic rings. The van der Waals surface area contributed by atoms with Crippen LogP contribution in [0.5, 0.6) is 0 Å². The highest BCUT2D eigenvalue weighted by atomic mass is 16.5. The lowest BCUT2D eigenvalue weighted by molar-refractivity contribution is 0.0348. The van der Waals surface area contributed by atoms with Crippen molar-refractivity contribution in [2.75, 3.05) is 20.3 Å². The fourth-order valence-electron chi connectivity index (χ4n) is 2.21. The Hall–Kier alpha value is -1.40. The molecular formula is C11H16N2O4. The zero-order chi connectivity index (χ0) is 12.5. The Labute approximate surface area is 98.2 Å². The summed E-state index contributed by atoms with van der Waals surface area (Å²) < 4.78 is 12.1. The first kappa shape index (κ1) is 12.1. The third-order valence-corrected chi connectivity index (χ3v) is 3.06. The molecule has 2 atom stereocenters. The van der Waals surface area contributed by atoms with Gasteiger partial charge in [-0.1, -0.05) is 0 Å². The molecule has 6 nitrogen and oxygen atoms in total. The molecule has 1 N–H and O–H groups in total. The van der Waals surface area contributed by atoms with Crippen molar-refractivity contribution in [3.8, 4) is 0 Å². The maximum Gasteiger partial charge on any atom is 0.328 e. The highest BCUT2D eigenvalue weighted by Crippen LogP contribution is 2.29. The first-order valence-corrected chi connectivity index (χ1v) is 5.48. The Bertz CT molecular complexity index is 507. The van der Waals surface area contributed by atoms with E-state index in [0.29, 0.717) is 19.6 Å². The van der Waals surface area contributed by atoms with Crippen LogP contribution in [0.1, 0.15) is 13.3 Å². The number of H-pyrrole nitrogens is 1. The molecule has 6 heteroatoms. The van der Waals surface area contributed by atoms with Gasteiger partial charge in [-0.15, -0.1) is 0 Å². The number of aromatic nitrogens is 2. The Morgan fingerprint density at radius 1 is 1.65 bits per heavy atom. The molecule has 17 heavy (non-hydrogen) atoms. The van der Waals surface area contributed by atoms with Crippen LogP contribution < -0.4 is 11.2 Å². The van der Waals surface area contributed by atoms with Crippen molar-refractivity contribution in [2.24, 2.45) is 0 Å². The number of nitrogens with zero attached hydrogens (tertiary/aromatic N) is 1. The normalized spacial score (nSPS) is 28.5. The van der Waals surface area contributed by atoms with E-state index in [-0.39, 0.29) is 11.7 Å². The Balaban J connectivity index is 2.28. The molecule has 0 aromatic carbocycles. The lowest BCUT2D eigenvalue weighted by atomic mass is 9.98. The molecule has 0 bridgehead atoms. The number of hydrogen-bond acceptors (Lipinski definition) is 4. The van der Waals surface area contributed by atoms with Crippen molar-refractivity contribution in [3.05, 3.63) is 33.1 Å². The van der Waals surface area contributed by atoms with Crippen molar-refractivity contribution in [1.29, 1.82) is 0 Å². The predicted octanol–water partition coefficient (Wildman–Crippen LogP) is -0.313. The van der Waals surface area contributed by atoms with Gasteiger partial charge in [0.25, 0.3) is 5.56 Å². The maximum atomic E-state index is 11.7. The lowest BCUT2D eigenvalue weighted by Gasteiger charge is -2.24. The first-order valence-electron chi connectivity index (χ1n) is 5.48. The fraction of sp³-hybridized carbons (Fsp3) is 0.636. The van der Waals surface area contributed by atoms with E-state index in [1.807, 2.05) is 6.92 Å². The molecule has 2 heterocycles. The summed E-state index contributed by atoms with van der Waals surface area (Å²) in [5, 5.41) is 0. The van der Waals surface area contributed by atoms with Gasteiger partial charge in [-0.05, 0) is 6.92 Å². The molecular weight excluding hydrogens is 224 g/mol. The number of hydrogen-bond donors (Lipinski definition) is 1. The molecule has 0 spiro atoms. The number of ether oxygens (including phenoxy) is 2. The van der Waals surface area contributed by atoms with E-state index in [0.717, 1.165) is 0 Å². The minimum Gasteiger partial charge on any atom is -0.382 e. The molecule has 94 valence electrons. The van der Waals surface area contributed by atoms with Crippen LogP contribution in [0.4, 0.5) is 0 Å². The molecule has 0 radical (unpaired) electrons. The van der Waals surface area contributed by atoms with E-state index in [2.05, 4.69) is 4.98 Å². The highest BCUT2D eigenvalue weighted by molar-refractivity contribution is 4.95. The van der Waals surface area contributed by atoms with E-state index in [9.17, 15) is 9.59 Å². The zero-order valence-corrected chi connectivity index (χ0v) is 9.93. The van der Waals surface area contributed by atoms with Gasteiger partial charge in [-0.25, -0.2) is 4.79 Å². The largest absolute Gasteiger partial charge is 0.382 e. The summed E-state index contributed by atoms with van der Waals surface area (Å²) in [6, 6.07) is 1.34. The van der Waals surface area contributed by atoms with Crippen molar-refractivity contribution < 1.29 is 9.47 Å². The van der Waals surface area contributed by atoms with Crippen LogP contribution in [0, 0.1) is 0 Å². The molecule has 1 fully saturated rings. The van der Waals surface area contributed by atoms with Crippen LogP contribution in [-0.4, -0.2) is 36.0 Å². The number of methoxy groups -OCH3 is 1. The van der Waals surface area contributed by atoms with Crippen molar-refractivity contribution >= 4 is 0 Å². The molecule has 1 aromatic heterocycles. The van der Waals surface area contributed by atoms with E-state index in [4.69, 9.17) is 9.47 Å². The van der Waals surface area contributed by atoms with Gasteiger partial charge in [-0.2, -0.15) is 0 Å². The van der Waals surface area contributed by atoms with Crippen molar-refractivity contribution in [3.63, 3.8) is 0 Å². The van der Waals surface area contributed by atoms with Gasteiger partial charge in [-0.3, -0.25) is 14.3 Å². The van der Waals surface area contributed by atoms with Gasteiger partial charge in [0, 0.05) is 25.8 Å². The van der Waals surface area contributed by atoms with Gasteiger partial charge in [0.2, 0.25) is 0 Å². The predicted molar refractivity (Wildman–Crippen MR) is 61.2 cm³/mol. The van der Waals surface area contributed by atoms with Gasteiger partial charge in [0.15, 0.2) is 0 Å². The van der Waals surface area contributed by atoms with Crippen molar-refractivity contribution in [1.82, 2.24) is 9.55 Å². The minimum absolute atomic E-state index is 0.0103. The highest BCUT2D eigenvalue weighted by Gasteiger charge is 2.38. The first-order chi connectivity index (χ1) is 8.05. The third-order valence-electron chi connectivity index (χ3n) is 3.06. The molecule has 2 rings (SSSR count). The van der Waals surface area contributed by atoms with Crippen LogP contribution in [0.2, 0.25) is 0 Å². The standard InChI is InChI=1S/C11H16N2O4/c1-11(5-8(6-16-2)17-7-11)13-4-3-9(14)12-10(13)15/h3-4,8H,5-7H2,1-2H3,(H,12,14,15)/t8-,11+/m0/s1. The second-order valence-corrected chi connectivity index (χ2v) is 4.57. The van der Waals surface area contributed by atoms with E-state index in [1.54, 1.807) is 7.11 Å². The van der Waals surface area contributed by atoms with Crippen LogP contribution in [-0.2, 0) is 15.0 Å². The molecule has 0 saturated carbocycles. The topological polar surface area (TPSA) is 73.3 Å². The summed E-state index contributed by atoms with van der Waals surface area (Å²) in [7, 11) is 1.62. The summed E-state index contributed by atoms with van der Waals surface area (Å²) in [6.45, 7) is 2.88. The smallest absolute Gasteiger partial charge is 0.328 e. The number of aromatic amines is 1. The Morgan fingerprint density at radius 2 is 2.41 bits per heavy atom. The van der Waals surface area contributed by atoms with Crippen LogP contribution in [0.3, 0.4) is 0 Å². The molecule has 0 amide bonds. The average Bonchev–Trinajstić information content (AvgIpc) is 2.61. The second-order valence-electron chi connectivity index (χ2n) is 4.57. The quantitative estimate of drug-likeness (QED) is 0.786. The summed E-state index contributed by atoms with van der Waals surface area (Å²) >= 11 is 0. The summed E-state index contributed by atoms with van der Waals surface area (Å²) in [5.41, 5.74) is -1.21. The fourth-order valence-corrected chi connectivity index (χ4v) is 2.21. The minimum atomic E-state index is -0.426. The second kappa shape index (κ2) is 4.46. The summed E-state index contributed by atoms with van der Waals surface area (Å²) in [6.07, 6.45) is 2.19. The maximum absolute atomic E-state index is 11.7. The number of rotatable bonds is 3. The van der Waals surface area contributed by atoms with Crippen LogP contribution >= 0.6 is 0 Å². The summed E-state index contributed by atoms with van der Waals surface area (Å²) in [5.74, 6) is 0. The monoisotopic (exact) mass is 240 g/mol. The molecule has 0 aliphatic carbocycles. The third kappa shape index (κ3) is 2.32. The van der Waals surface area contributed by atoms with Crippen molar-refractivity contribution in [2.45, 2.75) is 25.0 Å². The molecule has 1 aliphatic heterocycles. The zero-order valence-electron chi connectivity index (χ0n) is 9.93.